The van der Waals surface area contributed by atoms with E-state index in [1.165, 1.54) is 12.8 Å². The van der Waals surface area contributed by atoms with Gasteiger partial charge in [-0.15, -0.1) is 0 Å². The fourth-order valence-electron chi connectivity index (χ4n) is 5.01. The van der Waals surface area contributed by atoms with Crippen LogP contribution in [0.1, 0.15) is 80.0 Å². The van der Waals surface area contributed by atoms with Gasteiger partial charge in [-0.2, -0.15) is 5.10 Å². The van der Waals surface area contributed by atoms with Crippen LogP contribution in [-0.4, -0.2) is 44.6 Å². The third-order valence-corrected chi connectivity index (χ3v) is 6.59. The maximum absolute atomic E-state index is 13.4. The summed E-state index contributed by atoms with van der Waals surface area (Å²) < 4.78 is 1.74. The van der Waals surface area contributed by atoms with Gasteiger partial charge in [-0.05, 0) is 58.3 Å². The molecule has 2 heterocycles. The second kappa shape index (κ2) is 6.71. The predicted molar refractivity (Wildman–Crippen MR) is 98.9 cm³/mol. The summed E-state index contributed by atoms with van der Waals surface area (Å²) in [5, 5.41) is 7.80. The van der Waals surface area contributed by atoms with Gasteiger partial charge in [-0.1, -0.05) is 12.8 Å². The molecule has 26 heavy (non-hydrogen) atoms. The van der Waals surface area contributed by atoms with Gasteiger partial charge in [0.15, 0.2) is 0 Å². The fourth-order valence-corrected chi connectivity index (χ4v) is 5.01. The molecule has 3 aliphatic rings. The fraction of sp³-hybridized carbons (Fsp3) is 0.750. The lowest BCUT2D eigenvalue weighted by atomic mass is 9.93. The number of rotatable bonds is 3. The minimum atomic E-state index is -0.745. The lowest BCUT2D eigenvalue weighted by Crippen LogP contribution is -2.57. The second-order valence-electron chi connectivity index (χ2n) is 8.39. The maximum atomic E-state index is 13.4. The van der Waals surface area contributed by atoms with Crippen molar-refractivity contribution in [2.45, 2.75) is 82.7 Å². The van der Waals surface area contributed by atoms with Crippen molar-refractivity contribution >= 4 is 11.8 Å². The average molecular weight is 358 g/mol. The van der Waals surface area contributed by atoms with Crippen LogP contribution in [0.5, 0.6) is 0 Å². The molecule has 1 atom stereocenters. The van der Waals surface area contributed by atoms with Gasteiger partial charge < -0.3 is 10.2 Å². The third-order valence-electron chi connectivity index (χ3n) is 6.59. The molecule has 142 valence electrons. The van der Waals surface area contributed by atoms with Crippen LogP contribution < -0.4 is 5.32 Å². The number of carbonyl (C=O) groups excluding carboxylic acids is 2. The average Bonchev–Trinajstić information content (AvgIpc) is 3.33. The van der Waals surface area contributed by atoms with E-state index in [0.717, 1.165) is 62.6 Å². The molecular weight excluding hydrogens is 328 g/mol. The van der Waals surface area contributed by atoms with E-state index < -0.39 is 5.54 Å². The van der Waals surface area contributed by atoms with E-state index in [0.29, 0.717) is 12.2 Å². The van der Waals surface area contributed by atoms with Crippen LogP contribution in [0.25, 0.3) is 0 Å². The van der Waals surface area contributed by atoms with Crippen molar-refractivity contribution in [2.75, 3.05) is 6.54 Å². The van der Waals surface area contributed by atoms with Crippen LogP contribution in [0.15, 0.2) is 0 Å². The van der Waals surface area contributed by atoms with Crippen molar-refractivity contribution in [1.29, 1.82) is 0 Å². The minimum absolute atomic E-state index is 0.0197. The normalized spacial score (nSPS) is 26.2. The Kier molecular flexibility index (Phi) is 4.53. The Morgan fingerprint density at radius 3 is 2.62 bits per heavy atom. The van der Waals surface area contributed by atoms with Crippen LogP contribution >= 0.6 is 0 Å². The van der Waals surface area contributed by atoms with E-state index in [2.05, 4.69) is 10.4 Å². The molecule has 0 aromatic carbocycles. The Morgan fingerprint density at radius 2 is 1.85 bits per heavy atom. The molecule has 0 radical (unpaired) electrons. The molecule has 6 nitrogen and oxygen atoms in total. The zero-order valence-electron chi connectivity index (χ0n) is 16.0. The van der Waals surface area contributed by atoms with E-state index >= 15 is 0 Å². The zero-order chi connectivity index (χ0) is 18.3. The van der Waals surface area contributed by atoms with Gasteiger partial charge in [-0.25, -0.2) is 0 Å². The van der Waals surface area contributed by atoms with Gasteiger partial charge in [0, 0.05) is 25.2 Å². The molecule has 4 rings (SSSR count). The summed E-state index contributed by atoms with van der Waals surface area (Å²) in [5.74, 6) is -0.00370. The first-order valence-corrected chi connectivity index (χ1v) is 10.2. The highest BCUT2D eigenvalue weighted by Gasteiger charge is 2.47. The molecule has 1 saturated carbocycles. The molecule has 2 fully saturated rings. The monoisotopic (exact) mass is 358 g/mol. The minimum Gasteiger partial charge on any atom is -0.351 e. The molecule has 2 aliphatic carbocycles. The van der Waals surface area contributed by atoms with E-state index in [-0.39, 0.29) is 17.9 Å². The Bertz CT molecular complexity index is 720. The van der Waals surface area contributed by atoms with Crippen molar-refractivity contribution in [3.05, 3.63) is 17.0 Å². The Morgan fingerprint density at radius 1 is 1.12 bits per heavy atom. The summed E-state index contributed by atoms with van der Waals surface area (Å²) in [5.41, 5.74) is 2.12. The van der Waals surface area contributed by atoms with Crippen molar-refractivity contribution in [1.82, 2.24) is 20.0 Å². The molecule has 0 spiro atoms. The van der Waals surface area contributed by atoms with Gasteiger partial charge in [0.1, 0.15) is 11.2 Å². The van der Waals surface area contributed by atoms with Gasteiger partial charge in [0.2, 0.25) is 5.91 Å². The van der Waals surface area contributed by atoms with Crippen molar-refractivity contribution in [3.8, 4) is 0 Å². The number of amides is 2. The Balaban J connectivity index is 1.59. The maximum Gasteiger partial charge on any atom is 0.273 e. The number of nitrogens with zero attached hydrogens (tertiary/aromatic N) is 3. The number of carbonyl (C=O) groups is 2. The highest BCUT2D eigenvalue weighted by Crippen LogP contribution is 2.33. The summed E-state index contributed by atoms with van der Waals surface area (Å²) in [4.78, 5) is 28.3. The molecule has 0 unspecified atom stereocenters. The molecular formula is C20H30N4O2. The lowest BCUT2D eigenvalue weighted by Gasteiger charge is -2.35. The molecule has 1 aromatic rings. The summed E-state index contributed by atoms with van der Waals surface area (Å²) in [7, 11) is 1.86. The number of hydrogen-bond acceptors (Lipinski definition) is 3. The Hall–Kier alpha value is -1.85. The van der Waals surface area contributed by atoms with Gasteiger partial charge >= 0.3 is 0 Å². The first kappa shape index (κ1) is 17.6. The van der Waals surface area contributed by atoms with Crippen LogP contribution in [0.3, 0.4) is 0 Å². The van der Waals surface area contributed by atoms with E-state index in [1.54, 1.807) is 4.68 Å². The summed E-state index contributed by atoms with van der Waals surface area (Å²) in [6, 6.07) is 0.279. The largest absolute Gasteiger partial charge is 0.351 e. The highest BCUT2D eigenvalue weighted by atomic mass is 16.2. The van der Waals surface area contributed by atoms with Crippen molar-refractivity contribution in [3.63, 3.8) is 0 Å². The summed E-state index contributed by atoms with van der Waals surface area (Å²) in [6.45, 7) is 2.58. The van der Waals surface area contributed by atoms with Crippen LogP contribution in [0.2, 0.25) is 0 Å². The second-order valence-corrected chi connectivity index (χ2v) is 8.39. The number of aryl methyl sites for hydroxylation is 2. The quantitative estimate of drug-likeness (QED) is 0.902. The van der Waals surface area contributed by atoms with Gasteiger partial charge in [0.05, 0.1) is 5.69 Å². The van der Waals surface area contributed by atoms with E-state index in [1.807, 2.05) is 18.9 Å². The van der Waals surface area contributed by atoms with E-state index in [4.69, 9.17) is 0 Å². The van der Waals surface area contributed by atoms with Crippen LogP contribution in [0, 0.1) is 0 Å². The zero-order valence-corrected chi connectivity index (χ0v) is 16.0. The Labute approximate surface area is 155 Å². The summed E-state index contributed by atoms with van der Waals surface area (Å²) in [6.07, 6.45) is 10.2. The predicted octanol–water partition coefficient (Wildman–Crippen LogP) is 2.35. The first-order valence-electron chi connectivity index (χ1n) is 10.2. The SMILES string of the molecule is Cn1nc2c(c1C(=O)N1CCC[C@]1(C)C(=O)NC1CCCC1)CCCC2. The number of likely N-dealkylation sites (tertiary alicyclic amines) is 1. The van der Waals surface area contributed by atoms with Gasteiger partial charge in [-0.3, -0.25) is 14.3 Å². The van der Waals surface area contributed by atoms with Crippen LogP contribution in [-0.2, 0) is 24.7 Å². The number of nitrogens with one attached hydrogen (secondary N) is 1. The number of fused-ring (bicyclic) bond motifs is 1. The molecule has 0 bridgehead atoms. The molecule has 6 heteroatoms. The van der Waals surface area contributed by atoms with E-state index in [9.17, 15) is 9.59 Å². The van der Waals surface area contributed by atoms with Crippen molar-refractivity contribution < 1.29 is 9.59 Å². The molecule has 1 aromatic heterocycles. The third kappa shape index (κ3) is 2.83. The molecule has 1 N–H and O–H groups in total. The number of hydrogen-bond donors (Lipinski definition) is 1. The van der Waals surface area contributed by atoms with Gasteiger partial charge in [0.25, 0.3) is 5.91 Å². The summed E-state index contributed by atoms with van der Waals surface area (Å²) >= 11 is 0. The van der Waals surface area contributed by atoms with Crippen molar-refractivity contribution in [2.24, 2.45) is 7.05 Å². The first-order chi connectivity index (χ1) is 12.5. The molecule has 1 saturated heterocycles. The standard InChI is InChI=1S/C20H30N4O2/c1-20(19(26)21-14-8-3-4-9-14)12-7-13-24(20)18(25)17-15-10-5-6-11-16(15)22-23(17)2/h14H,3-13H2,1-2H3,(H,21,26)/t20-/m1/s1. The molecule has 2 amide bonds. The number of aromatic nitrogens is 2. The van der Waals surface area contributed by atoms with Crippen LogP contribution in [0.4, 0.5) is 0 Å². The molecule has 1 aliphatic heterocycles. The highest BCUT2D eigenvalue weighted by molar-refractivity contribution is 5.99. The lowest BCUT2D eigenvalue weighted by molar-refractivity contribution is -0.130. The smallest absolute Gasteiger partial charge is 0.273 e. The topological polar surface area (TPSA) is 67.2 Å².